The van der Waals surface area contributed by atoms with Crippen molar-refractivity contribution >= 4 is 0 Å². The zero-order valence-electron chi connectivity index (χ0n) is 11.6. The molecular formula is C15H27NO2. The summed E-state index contributed by atoms with van der Waals surface area (Å²) in [6, 6.07) is 1.01. The molecule has 0 bridgehead atoms. The third-order valence-electron chi connectivity index (χ3n) is 5.52. The van der Waals surface area contributed by atoms with Crippen LogP contribution in [0.1, 0.15) is 57.8 Å². The molecule has 18 heavy (non-hydrogen) atoms. The maximum Gasteiger partial charge on any atom is 0.0697 e. The van der Waals surface area contributed by atoms with E-state index in [1.54, 1.807) is 0 Å². The minimum absolute atomic E-state index is 0.107. The van der Waals surface area contributed by atoms with Gasteiger partial charge in [0.2, 0.25) is 0 Å². The van der Waals surface area contributed by atoms with E-state index in [1.807, 2.05) is 0 Å². The zero-order chi connectivity index (χ0) is 12.6. The van der Waals surface area contributed by atoms with Gasteiger partial charge in [0.1, 0.15) is 0 Å². The van der Waals surface area contributed by atoms with E-state index in [-0.39, 0.29) is 11.7 Å². The van der Waals surface area contributed by atoms with Gasteiger partial charge in [0, 0.05) is 18.7 Å². The normalized spacial score (nSPS) is 39.8. The van der Waals surface area contributed by atoms with E-state index in [1.165, 1.54) is 44.9 Å². The lowest BCUT2D eigenvalue weighted by atomic mass is 9.73. The molecular weight excluding hydrogens is 226 g/mol. The maximum absolute atomic E-state index is 10.2. The van der Waals surface area contributed by atoms with Crippen LogP contribution in [0.5, 0.6) is 0 Å². The third-order valence-corrected chi connectivity index (χ3v) is 5.52. The Kier molecular flexibility index (Phi) is 3.65. The molecule has 0 radical (unpaired) electrons. The number of aliphatic hydroxyl groups is 1. The van der Waals surface area contributed by atoms with Crippen LogP contribution < -0.4 is 0 Å². The first-order valence-corrected chi connectivity index (χ1v) is 7.74. The molecule has 1 saturated heterocycles. The van der Waals surface area contributed by atoms with Gasteiger partial charge < -0.3 is 9.84 Å². The van der Waals surface area contributed by atoms with Gasteiger partial charge in [-0.15, -0.1) is 0 Å². The fourth-order valence-electron chi connectivity index (χ4n) is 4.11. The van der Waals surface area contributed by atoms with Crippen LogP contribution in [-0.2, 0) is 4.74 Å². The van der Waals surface area contributed by atoms with Crippen molar-refractivity contribution in [2.45, 2.75) is 81.6 Å². The molecule has 3 fully saturated rings. The number of nitrogens with zero attached hydrogens (tertiary/aromatic N) is 1. The van der Waals surface area contributed by atoms with Crippen molar-refractivity contribution < 1.29 is 9.84 Å². The van der Waals surface area contributed by atoms with E-state index in [0.717, 1.165) is 19.4 Å². The summed E-state index contributed by atoms with van der Waals surface area (Å²) in [5, 5.41) is 10.2. The van der Waals surface area contributed by atoms with Crippen LogP contribution in [0.25, 0.3) is 0 Å². The Labute approximate surface area is 110 Å². The lowest BCUT2D eigenvalue weighted by Gasteiger charge is -2.51. The Hall–Kier alpha value is -0.120. The van der Waals surface area contributed by atoms with Crippen LogP contribution in [0, 0.1) is 0 Å². The van der Waals surface area contributed by atoms with Crippen LogP contribution in [0.3, 0.4) is 0 Å². The first-order valence-electron chi connectivity index (χ1n) is 7.74. The van der Waals surface area contributed by atoms with E-state index in [2.05, 4.69) is 11.9 Å². The summed E-state index contributed by atoms with van der Waals surface area (Å²) in [7, 11) is 2.22. The summed E-state index contributed by atoms with van der Waals surface area (Å²) >= 11 is 0. The van der Waals surface area contributed by atoms with Crippen molar-refractivity contribution in [3.05, 3.63) is 0 Å². The topological polar surface area (TPSA) is 32.7 Å². The number of rotatable bonds is 2. The molecule has 1 heterocycles. The van der Waals surface area contributed by atoms with Crippen molar-refractivity contribution in [2.24, 2.45) is 0 Å². The van der Waals surface area contributed by atoms with Crippen molar-refractivity contribution in [3.63, 3.8) is 0 Å². The van der Waals surface area contributed by atoms with E-state index in [4.69, 9.17) is 4.74 Å². The van der Waals surface area contributed by atoms with E-state index < -0.39 is 0 Å². The van der Waals surface area contributed by atoms with Gasteiger partial charge in [0.05, 0.1) is 11.7 Å². The second kappa shape index (κ2) is 5.10. The fourth-order valence-corrected chi connectivity index (χ4v) is 4.11. The fraction of sp³-hybridized carbons (Fsp3) is 1.00. The molecule has 0 aromatic heterocycles. The summed E-state index contributed by atoms with van der Waals surface area (Å²) in [6.45, 7) is 0.915. The van der Waals surface area contributed by atoms with Crippen LogP contribution in [0.4, 0.5) is 0 Å². The van der Waals surface area contributed by atoms with E-state index >= 15 is 0 Å². The van der Waals surface area contributed by atoms with Gasteiger partial charge in [-0.1, -0.05) is 12.8 Å². The highest BCUT2D eigenvalue weighted by molar-refractivity contribution is 4.98. The SMILES string of the molecule is CN(C1CCOC2(CCC2)C1)C1CCCCC1O. The van der Waals surface area contributed by atoms with Crippen molar-refractivity contribution in [2.75, 3.05) is 13.7 Å². The average molecular weight is 253 g/mol. The number of hydrogen-bond acceptors (Lipinski definition) is 3. The molecule has 3 rings (SSSR count). The molecule has 3 aliphatic rings. The quantitative estimate of drug-likeness (QED) is 0.820. The smallest absolute Gasteiger partial charge is 0.0697 e. The van der Waals surface area contributed by atoms with Gasteiger partial charge in [-0.05, 0) is 52.0 Å². The molecule has 1 spiro atoms. The Morgan fingerprint density at radius 3 is 2.56 bits per heavy atom. The third kappa shape index (κ3) is 2.33. The molecule has 104 valence electrons. The second-order valence-electron chi connectivity index (χ2n) is 6.62. The van der Waals surface area contributed by atoms with Crippen molar-refractivity contribution in [1.29, 1.82) is 0 Å². The lowest BCUT2D eigenvalue weighted by Crippen LogP contribution is -2.55. The van der Waals surface area contributed by atoms with E-state index in [9.17, 15) is 5.11 Å². The standard InChI is InChI=1S/C15H27NO2/c1-16(13-5-2-3-6-14(13)17)12-7-10-18-15(11-12)8-4-9-15/h12-14,17H,2-11H2,1H3. The number of likely N-dealkylation sites (N-methyl/N-ethyl adjacent to an activating group) is 1. The van der Waals surface area contributed by atoms with Gasteiger partial charge in [-0.25, -0.2) is 0 Å². The predicted octanol–water partition coefficient (Wildman–Crippen LogP) is 2.32. The first-order chi connectivity index (χ1) is 8.70. The molecule has 2 aliphatic carbocycles. The molecule has 3 atom stereocenters. The van der Waals surface area contributed by atoms with Gasteiger partial charge in [-0.2, -0.15) is 0 Å². The van der Waals surface area contributed by atoms with Crippen LogP contribution >= 0.6 is 0 Å². The molecule has 1 N–H and O–H groups in total. The molecule has 0 aromatic carbocycles. The van der Waals surface area contributed by atoms with Crippen LogP contribution in [0.15, 0.2) is 0 Å². The van der Waals surface area contributed by atoms with Gasteiger partial charge >= 0.3 is 0 Å². The number of aliphatic hydroxyl groups excluding tert-OH is 1. The summed E-state index contributed by atoms with van der Waals surface area (Å²) in [5.74, 6) is 0. The summed E-state index contributed by atoms with van der Waals surface area (Å²) < 4.78 is 6.01. The van der Waals surface area contributed by atoms with Gasteiger partial charge in [0.25, 0.3) is 0 Å². The first kappa shape index (κ1) is 12.9. The second-order valence-corrected chi connectivity index (χ2v) is 6.62. The minimum atomic E-state index is -0.107. The van der Waals surface area contributed by atoms with Gasteiger partial charge in [-0.3, -0.25) is 4.90 Å². The summed E-state index contributed by atoms with van der Waals surface area (Å²) in [6.07, 6.45) is 10.7. The molecule has 3 nitrogen and oxygen atoms in total. The Balaban J connectivity index is 1.62. The molecule has 3 heteroatoms. The predicted molar refractivity (Wildman–Crippen MR) is 71.6 cm³/mol. The molecule has 0 aromatic rings. The van der Waals surface area contributed by atoms with E-state index in [0.29, 0.717) is 12.1 Å². The van der Waals surface area contributed by atoms with Crippen molar-refractivity contribution in [3.8, 4) is 0 Å². The maximum atomic E-state index is 10.2. The molecule has 3 unspecified atom stereocenters. The molecule has 0 amide bonds. The highest BCUT2D eigenvalue weighted by atomic mass is 16.5. The monoisotopic (exact) mass is 253 g/mol. The Bertz CT molecular complexity index is 290. The summed E-state index contributed by atoms with van der Waals surface area (Å²) in [4.78, 5) is 2.48. The zero-order valence-corrected chi connectivity index (χ0v) is 11.6. The minimum Gasteiger partial charge on any atom is -0.391 e. The Morgan fingerprint density at radius 1 is 1.11 bits per heavy atom. The van der Waals surface area contributed by atoms with Crippen molar-refractivity contribution in [1.82, 2.24) is 4.90 Å². The highest BCUT2D eigenvalue weighted by Crippen LogP contribution is 2.43. The highest BCUT2D eigenvalue weighted by Gasteiger charge is 2.44. The Morgan fingerprint density at radius 2 is 1.89 bits per heavy atom. The largest absolute Gasteiger partial charge is 0.391 e. The molecule has 2 saturated carbocycles. The lowest BCUT2D eigenvalue weighted by molar-refractivity contribution is -0.154. The number of ether oxygens (including phenoxy) is 1. The average Bonchev–Trinajstić information content (AvgIpc) is 2.37. The van der Waals surface area contributed by atoms with Crippen LogP contribution in [0.2, 0.25) is 0 Å². The van der Waals surface area contributed by atoms with Gasteiger partial charge in [0.15, 0.2) is 0 Å². The number of hydrogen-bond donors (Lipinski definition) is 1. The van der Waals surface area contributed by atoms with Crippen LogP contribution in [-0.4, -0.2) is 47.4 Å². The molecule has 1 aliphatic heterocycles. The summed E-state index contributed by atoms with van der Waals surface area (Å²) in [5.41, 5.74) is 0.219.